The van der Waals surface area contributed by atoms with Crippen molar-refractivity contribution < 1.29 is 4.74 Å². The van der Waals surface area contributed by atoms with Crippen LogP contribution < -0.4 is 5.32 Å². The molecular formula is C10H23NO. The van der Waals surface area contributed by atoms with E-state index in [0.29, 0.717) is 5.41 Å². The van der Waals surface area contributed by atoms with E-state index < -0.39 is 0 Å². The first-order valence-electron chi connectivity index (χ1n) is 4.88. The fourth-order valence-corrected chi connectivity index (χ4v) is 1.83. The molecule has 1 N–H and O–H groups in total. The van der Waals surface area contributed by atoms with E-state index in [9.17, 15) is 0 Å². The van der Waals surface area contributed by atoms with Gasteiger partial charge in [0.05, 0.1) is 6.61 Å². The highest BCUT2D eigenvalue weighted by atomic mass is 16.5. The van der Waals surface area contributed by atoms with E-state index in [0.717, 1.165) is 13.2 Å². The van der Waals surface area contributed by atoms with Gasteiger partial charge in [-0.05, 0) is 19.9 Å². The van der Waals surface area contributed by atoms with Crippen LogP contribution in [0.4, 0.5) is 0 Å². The van der Waals surface area contributed by atoms with Crippen LogP contribution >= 0.6 is 0 Å². The maximum absolute atomic E-state index is 5.26. The van der Waals surface area contributed by atoms with Gasteiger partial charge in [0.1, 0.15) is 0 Å². The van der Waals surface area contributed by atoms with Crippen molar-refractivity contribution in [1.29, 1.82) is 0 Å². The highest BCUT2D eigenvalue weighted by Gasteiger charge is 2.25. The Morgan fingerprint density at radius 2 is 2.00 bits per heavy atom. The molecule has 0 aromatic rings. The maximum atomic E-state index is 5.26. The number of hydrogen-bond acceptors (Lipinski definition) is 2. The van der Waals surface area contributed by atoms with Gasteiger partial charge in [-0.2, -0.15) is 0 Å². The molecule has 2 nitrogen and oxygen atoms in total. The molecule has 0 aromatic carbocycles. The van der Waals surface area contributed by atoms with E-state index in [1.807, 2.05) is 7.05 Å². The monoisotopic (exact) mass is 173 g/mol. The number of rotatable bonds is 7. The van der Waals surface area contributed by atoms with E-state index in [2.05, 4.69) is 19.2 Å². The Morgan fingerprint density at radius 1 is 1.33 bits per heavy atom. The maximum Gasteiger partial charge on any atom is 0.0530 e. The molecule has 74 valence electrons. The lowest BCUT2D eigenvalue weighted by Crippen LogP contribution is -2.36. The molecule has 0 amide bonds. The summed E-state index contributed by atoms with van der Waals surface area (Å²) in [6.45, 7) is 6.41. The average Bonchev–Trinajstić information content (AvgIpc) is 2.06. The Kier molecular flexibility index (Phi) is 6.39. The summed E-state index contributed by atoms with van der Waals surface area (Å²) >= 11 is 0. The molecule has 1 unspecified atom stereocenters. The average molecular weight is 173 g/mol. The third kappa shape index (κ3) is 3.55. The Bertz CT molecular complexity index is 87.0. The molecule has 2 heteroatoms. The van der Waals surface area contributed by atoms with Crippen LogP contribution in [0, 0.1) is 5.41 Å². The molecule has 0 spiro atoms. The topological polar surface area (TPSA) is 21.3 Å². The Labute approximate surface area is 76.7 Å². The lowest BCUT2D eigenvalue weighted by Gasteiger charge is -2.31. The van der Waals surface area contributed by atoms with Gasteiger partial charge in [-0.25, -0.2) is 0 Å². The van der Waals surface area contributed by atoms with Gasteiger partial charge in [0.25, 0.3) is 0 Å². The van der Waals surface area contributed by atoms with Crippen molar-refractivity contribution in [3.05, 3.63) is 0 Å². The Hall–Kier alpha value is -0.0800. The SMILES string of the molecule is CCCC(CC)(CNC)COC. The molecule has 12 heavy (non-hydrogen) atoms. The summed E-state index contributed by atoms with van der Waals surface area (Å²) in [5.74, 6) is 0. The first kappa shape index (κ1) is 11.9. The quantitative estimate of drug-likeness (QED) is 0.636. The molecule has 0 aliphatic rings. The summed E-state index contributed by atoms with van der Waals surface area (Å²) in [6, 6.07) is 0. The molecule has 0 saturated heterocycles. The van der Waals surface area contributed by atoms with E-state index in [1.54, 1.807) is 7.11 Å². The zero-order valence-corrected chi connectivity index (χ0v) is 8.94. The zero-order valence-electron chi connectivity index (χ0n) is 8.94. The van der Waals surface area contributed by atoms with E-state index in [4.69, 9.17) is 4.74 Å². The van der Waals surface area contributed by atoms with Gasteiger partial charge in [0, 0.05) is 19.1 Å². The fraction of sp³-hybridized carbons (Fsp3) is 1.00. The minimum atomic E-state index is 0.359. The van der Waals surface area contributed by atoms with Crippen LogP contribution in [0.3, 0.4) is 0 Å². The minimum Gasteiger partial charge on any atom is -0.384 e. The summed E-state index contributed by atoms with van der Waals surface area (Å²) in [4.78, 5) is 0. The molecule has 0 fully saturated rings. The highest BCUT2D eigenvalue weighted by Crippen LogP contribution is 2.27. The Balaban J connectivity index is 4.06. The van der Waals surface area contributed by atoms with Crippen molar-refractivity contribution >= 4 is 0 Å². The molecule has 0 aliphatic heterocycles. The van der Waals surface area contributed by atoms with E-state index in [-0.39, 0.29) is 0 Å². The number of methoxy groups -OCH3 is 1. The number of nitrogens with one attached hydrogen (secondary N) is 1. The van der Waals surface area contributed by atoms with Crippen LogP contribution in [0.1, 0.15) is 33.1 Å². The normalized spacial score (nSPS) is 16.0. The second kappa shape index (κ2) is 6.44. The van der Waals surface area contributed by atoms with Gasteiger partial charge in [-0.1, -0.05) is 20.3 Å². The van der Waals surface area contributed by atoms with Crippen LogP contribution in [0.5, 0.6) is 0 Å². The molecule has 0 aromatic heterocycles. The van der Waals surface area contributed by atoms with Gasteiger partial charge >= 0.3 is 0 Å². The molecule has 0 saturated carbocycles. The van der Waals surface area contributed by atoms with Gasteiger partial charge in [-0.3, -0.25) is 0 Å². The predicted octanol–water partition coefficient (Wildman–Crippen LogP) is 2.05. The summed E-state index contributed by atoms with van der Waals surface area (Å²) in [6.07, 6.45) is 3.67. The second-order valence-corrected chi connectivity index (χ2v) is 3.57. The third-order valence-electron chi connectivity index (χ3n) is 2.53. The highest BCUT2D eigenvalue weighted by molar-refractivity contribution is 4.79. The largest absolute Gasteiger partial charge is 0.384 e. The zero-order chi connectivity index (χ0) is 9.45. The van der Waals surface area contributed by atoms with Crippen molar-refractivity contribution in [3.8, 4) is 0 Å². The Morgan fingerprint density at radius 3 is 2.33 bits per heavy atom. The van der Waals surface area contributed by atoms with Crippen LogP contribution in [-0.4, -0.2) is 27.3 Å². The van der Waals surface area contributed by atoms with E-state index in [1.165, 1.54) is 19.3 Å². The molecule has 0 bridgehead atoms. The smallest absolute Gasteiger partial charge is 0.0530 e. The first-order valence-corrected chi connectivity index (χ1v) is 4.88. The van der Waals surface area contributed by atoms with Crippen molar-refractivity contribution in [1.82, 2.24) is 5.32 Å². The minimum absolute atomic E-state index is 0.359. The van der Waals surface area contributed by atoms with Crippen LogP contribution in [0.25, 0.3) is 0 Å². The predicted molar refractivity (Wildman–Crippen MR) is 53.4 cm³/mol. The van der Waals surface area contributed by atoms with Crippen LogP contribution in [0.15, 0.2) is 0 Å². The summed E-state index contributed by atoms with van der Waals surface area (Å²) in [5, 5.41) is 3.25. The lowest BCUT2D eigenvalue weighted by atomic mass is 9.81. The summed E-state index contributed by atoms with van der Waals surface area (Å²) in [7, 11) is 3.80. The lowest BCUT2D eigenvalue weighted by molar-refractivity contribution is 0.0688. The van der Waals surface area contributed by atoms with Crippen LogP contribution in [0.2, 0.25) is 0 Å². The fourth-order valence-electron chi connectivity index (χ4n) is 1.83. The van der Waals surface area contributed by atoms with E-state index >= 15 is 0 Å². The van der Waals surface area contributed by atoms with Crippen molar-refractivity contribution in [2.45, 2.75) is 33.1 Å². The molecule has 0 aliphatic carbocycles. The number of hydrogen-bond donors (Lipinski definition) is 1. The van der Waals surface area contributed by atoms with Crippen molar-refractivity contribution in [2.75, 3.05) is 27.3 Å². The van der Waals surface area contributed by atoms with Crippen LogP contribution in [-0.2, 0) is 4.74 Å². The van der Waals surface area contributed by atoms with Gasteiger partial charge in [-0.15, -0.1) is 0 Å². The van der Waals surface area contributed by atoms with Gasteiger partial charge < -0.3 is 10.1 Å². The molecular weight excluding hydrogens is 150 g/mol. The molecule has 0 rings (SSSR count). The summed E-state index contributed by atoms with van der Waals surface area (Å²) < 4.78 is 5.26. The third-order valence-corrected chi connectivity index (χ3v) is 2.53. The first-order chi connectivity index (χ1) is 5.74. The molecule has 0 heterocycles. The molecule has 0 radical (unpaired) electrons. The second-order valence-electron chi connectivity index (χ2n) is 3.57. The van der Waals surface area contributed by atoms with Crippen molar-refractivity contribution in [3.63, 3.8) is 0 Å². The standard InChI is InChI=1S/C10H23NO/c1-5-7-10(6-2,8-11-3)9-12-4/h11H,5-9H2,1-4H3. The van der Waals surface area contributed by atoms with Gasteiger partial charge in [0.2, 0.25) is 0 Å². The van der Waals surface area contributed by atoms with Crippen molar-refractivity contribution in [2.24, 2.45) is 5.41 Å². The molecule has 1 atom stereocenters. The summed E-state index contributed by atoms with van der Waals surface area (Å²) in [5.41, 5.74) is 0.359. The van der Waals surface area contributed by atoms with Gasteiger partial charge in [0.15, 0.2) is 0 Å². The number of ether oxygens (including phenoxy) is 1.